The molecule has 14 heavy (non-hydrogen) atoms. The topological polar surface area (TPSA) is 43.4 Å². The standard InChI is InChI=1S/C7H13F3O3S/c1-5(2)6(3)13-14(11,12)4-7(8,9)10/h5-6H,4H2,1-3H3. The molecular formula is C7H13F3O3S. The van der Waals surface area contributed by atoms with Crippen LogP contribution in [0.15, 0.2) is 0 Å². The van der Waals surface area contributed by atoms with Crippen molar-refractivity contribution in [2.75, 3.05) is 5.75 Å². The van der Waals surface area contributed by atoms with Gasteiger partial charge < -0.3 is 0 Å². The zero-order valence-corrected chi connectivity index (χ0v) is 8.95. The summed E-state index contributed by atoms with van der Waals surface area (Å²) in [5.41, 5.74) is 0. The van der Waals surface area contributed by atoms with Crippen LogP contribution in [0, 0.1) is 5.92 Å². The van der Waals surface area contributed by atoms with E-state index < -0.39 is 28.2 Å². The summed E-state index contributed by atoms with van der Waals surface area (Å²) < 4.78 is 61.2. The first-order chi connectivity index (χ1) is 6.03. The maximum absolute atomic E-state index is 11.7. The number of hydrogen-bond donors (Lipinski definition) is 0. The van der Waals surface area contributed by atoms with Crippen LogP contribution >= 0.6 is 0 Å². The second-order valence-electron chi connectivity index (χ2n) is 3.36. The van der Waals surface area contributed by atoms with Crippen LogP contribution in [0.25, 0.3) is 0 Å². The van der Waals surface area contributed by atoms with Gasteiger partial charge in [-0.2, -0.15) is 21.6 Å². The van der Waals surface area contributed by atoms with Crippen LogP contribution < -0.4 is 0 Å². The molecule has 3 nitrogen and oxygen atoms in total. The van der Waals surface area contributed by atoms with Crippen molar-refractivity contribution in [2.45, 2.75) is 33.1 Å². The molecule has 1 unspecified atom stereocenters. The molecule has 0 fully saturated rings. The Morgan fingerprint density at radius 3 is 1.93 bits per heavy atom. The quantitative estimate of drug-likeness (QED) is 0.698. The molecule has 0 aromatic heterocycles. The van der Waals surface area contributed by atoms with Crippen molar-refractivity contribution < 1.29 is 25.8 Å². The minimum atomic E-state index is -4.75. The number of hydrogen-bond acceptors (Lipinski definition) is 3. The van der Waals surface area contributed by atoms with Gasteiger partial charge in [0.05, 0.1) is 6.10 Å². The lowest BCUT2D eigenvalue weighted by Gasteiger charge is -2.16. The van der Waals surface area contributed by atoms with E-state index in [2.05, 4.69) is 4.18 Å². The minimum Gasteiger partial charge on any atom is -0.267 e. The van der Waals surface area contributed by atoms with Gasteiger partial charge in [-0.15, -0.1) is 0 Å². The first kappa shape index (κ1) is 13.7. The lowest BCUT2D eigenvalue weighted by molar-refractivity contribution is -0.107. The molecule has 0 heterocycles. The molecule has 0 saturated carbocycles. The molecule has 0 aliphatic rings. The van der Waals surface area contributed by atoms with Gasteiger partial charge in [-0.1, -0.05) is 13.8 Å². The Bertz CT molecular complexity index is 268. The summed E-state index contributed by atoms with van der Waals surface area (Å²) in [5, 5.41) is 0. The van der Waals surface area contributed by atoms with Gasteiger partial charge in [0.15, 0.2) is 5.75 Å². The Morgan fingerprint density at radius 2 is 1.64 bits per heavy atom. The van der Waals surface area contributed by atoms with E-state index >= 15 is 0 Å². The summed E-state index contributed by atoms with van der Waals surface area (Å²) >= 11 is 0. The predicted molar refractivity (Wildman–Crippen MR) is 45.2 cm³/mol. The average Bonchev–Trinajstić information content (AvgIpc) is 1.78. The van der Waals surface area contributed by atoms with Crippen LogP contribution in [0.4, 0.5) is 13.2 Å². The van der Waals surface area contributed by atoms with Crippen LogP contribution in [0.1, 0.15) is 20.8 Å². The van der Waals surface area contributed by atoms with E-state index in [1.807, 2.05) is 0 Å². The van der Waals surface area contributed by atoms with Gasteiger partial charge in [-0.05, 0) is 12.8 Å². The van der Waals surface area contributed by atoms with Crippen LogP contribution in [0.5, 0.6) is 0 Å². The van der Waals surface area contributed by atoms with Crippen LogP contribution in [0.2, 0.25) is 0 Å². The number of rotatable bonds is 4. The molecule has 0 aliphatic carbocycles. The summed E-state index contributed by atoms with van der Waals surface area (Å²) in [7, 11) is -4.51. The van der Waals surface area contributed by atoms with Crippen LogP contribution in [0.3, 0.4) is 0 Å². The molecule has 0 rings (SSSR count). The van der Waals surface area contributed by atoms with E-state index in [4.69, 9.17) is 0 Å². The van der Waals surface area contributed by atoms with E-state index in [1.165, 1.54) is 6.92 Å². The second-order valence-corrected chi connectivity index (χ2v) is 4.96. The van der Waals surface area contributed by atoms with Gasteiger partial charge in [-0.3, -0.25) is 4.18 Å². The summed E-state index contributed by atoms with van der Waals surface area (Å²) in [4.78, 5) is 0. The van der Waals surface area contributed by atoms with Crippen molar-refractivity contribution in [1.29, 1.82) is 0 Å². The molecule has 0 aliphatic heterocycles. The van der Waals surface area contributed by atoms with E-state index in [9.17, 15) is 21.6 Å². The molecule has 0 aromatic rings. The largest absolute Gasteiger partial charge is 0.405 e. The Morgan fingerprint density at radius 1 is 1.21 bits per heavy atom. The van der Waals surface area contributed by atoms with E-state index in [1.54, 1.807) is 13.8 Å². The first-order valence-corrected chi connectivity index (χ1v) is 5.59. The number of halogens is 3. The van der Waals surface area contributed by atoms with Crippen molar-refractivity contribution in [2.24, 2.45) is 5.92 Å². The van der Waals surface area contributed by atoms with Crippen LogP contribution in [-0.2, 0) is 14.3 Å². The van der Waals surface area contributed by atoms with Crippen molar-refractivity contribution in [3.8, 4) is 0 Å². The van der Waals surface area contributed by atoms with E-state index in [-0.39, 0.29) is 5.92 Å². The predicted octanol–water partition coefficient (Wildman–Crippen LogP) is 1.94. The Labute approximate surface area is 81.4 Å². The van der Waals surface area contributed by atoms with E-state index in [0.717, 1.165) is 0 Å². The Hall–Kier alpha value is -0.300. The molecule has 86 valence electrons. The SMILES string of the molecule is CC(C)C(C)OS(=O)(=O)CC(F)(F)F. The van der Waals surface area contributed by atoms with Crippen molar-refractivity contribution >= 4 is 10.1 Å². The Kier molecular flexibility index (Phi) is 4.38. The highest BCUT2D eigenvalue weighted by Crippen LogP contribution is 2.20. The van der Waals surface area contributed by atoms with Crippen LogP contribution in [-0.4, -0.2) is 26.5 Å². The third-order valence-corrected chi connectivity index (χ3v) is 2.86. The van der Waals surface area contributed by atoms with Gasteiger partial charge in [0.2, 0.25) is 0 Å². The minimum absolute atomic E-state index is 0.155. The monoisotopic (exact) mass is 234 g/mol. The molecule has 0 aromatic carbocycles. The van der Waals surface area contributed by atoms with Crippen molar-refractivity contribution in [1.82, 2.24) is 0 Å². The highest BCUT2D eigenvalue weighted by atomic mass is 32.2. The molecule has 0 spiro atoms. The van der Waals surface area contributed by atoms with Gasteiger partial charge in [0, 0.05) is 0 Å². The third kappa shape index (κ3) is 6.20. The fraction of sp³-hybridized carbons (Fsp3) is 1.00. The van der Waals surface area contributed by atoms with Crippen molar-refractivity contribution in [3.63, 3.8) is 0 Å². The van der Waals surface area contributed by atoms with Gasteiger partial charge >= 0.3 is 6.18 Å². The molecule has 0 radical (unpaired) electrons. The Balaban J connectivity index is 4.37. The summed E-state index contributed by atoms with van der Waals surface area (Å²) in [6.45, 7) is 4.74. The summed E-state index contributed by atoms with van der Waals surface area (Å²) in [5.74, 6) is -2.09. The molecular weight excluding hydrogens is 221 g/mol. The highest BCUT2D eigenvalue weighted by Gasteiger charge is 2.36. The van der Waals surface area contributed by atoms with Gasteiger partial charge in [-0.25, -0.2) is 0 Å². The maximum atomic E-state index is 11.7. The molecule has 0 amide bonds. The smallest absolute Gasteiger partial charge is 0.267 e. The zero-order chi connectivity index (χ0) is 11.6. The fourth-order valence-corrected chi connectivity index (χ4v) is 1.73. The highest BCUT2D eigenvalue weighted by molar-refractivity contribution is 7.86. The molecule has 1 atom stereocenters. The second kappa shape index (κ2) is 4.48. The summed E-state index contributed by atoms with van der Waals surface area (Å²) in [6, 6.07) is 0. The molecule has 7 heteroatoms. The van der Waals surface area contributed by atoms with Gasteiger partial charge in [0.1, 0.15) is 0 Å². The maximum Gasteiger partial charge on any atom is 0.405 e. The van der Waals surface area contributed by atoms with Gasteiger partial charge in [0.25, 0.3) is 10.1 Å². The molecule has 0 N–H and O–H groups in total. The zero-order valence-electron chi connectivity index (χ0n) is 8.13. The average molecular weight is 234 g/mol. The normalized spacial score (nSPS) is 15.9. The molecule has 0 bridgehead atoms. The van der Waals surface area contributed by atoms with E-state index in [0.29, 0.717) is 0 Å². The first-order valence-electron chi connectivity index (χ1n) is 4.01. The number of alkyl halides is 3. The lowest BCUT2D eigenvalue weighted by atomic mass is 10.1. The fourth-order valence-electron chi connectivity index (χ4n) is 0.577. The summed E-state index contributed by atoms with van der Waals surface area (Å²) in [6.07, 6.45) is -5.50. The lowest BCUT2D eigenvalue weighted by Crippen LogP contribution is -2.29. The molecule has 0 saturated heterocycles. The third-order valence-electron chi connectivity index (χ3n) is 1.58. The van der Waals surface area contributed by atoms with Crippen molar-refractivity contribution in [3.05, 3.63) is 0 Å².